The third kappa shape index (κ3) is 6.69. The molecule has 4 aromatic rings. The number of nitrogens with one attached hydrogen (secondary N) is 1. The summed E-state index contributed by atoms with van der Waals surface area (Å²) in [4.78, 5) is 42.9. The maximum Gasteiger partial charge on any atom is 0.415 e. The molecule has 0 saturated carbocycles. The van der Waals surface area contributed by atoms with E-state index < -0.39 is 18.2 Å². The van der Waals surface area contributed by atoms with Crippen molar-refractivity contribution < 1.29 is 19.1 Å². The van der Waals surface area contributed by atoms with Gasteiger partial charge in [-0.25, -0.2) is 9.48 Å². The average Bonchev–Trinajstić information content (AvgIpc) is 3.38. The smallest absolute Gasteiger partial charge is 0.410 e. The van der Waals surface area contributed by atoms with E-state index in [1.54, 1.807) is 28.9 Å². The molecular formula is C30H33N7O4. The first-order valence-electron chi connectivity index (χ1n) is 13.6. The number of hydrogen-bond donors (Lipinski definition) is 2. The number of hydrogen-bond acceptors (Lipinski definition) is 7. The Bertz CT molecular complexity index is 1510. The van der Waals surface area contributed by atoms with E-state index in [4.69, 9.17) is 10.5 Å². The van der Waals surface area contributed by atoms with Gasteiger partial charge in [0.2, 0.25) is 11.8 Å². The van der Waals surface area contributed by atoms with E-state index in [0.717, 1.165) is 16.6 Å². The van der Waals surface area contributed by atoms with Crippen LogP contribution in [0.1, 0.15) is 17.5 Å². The average molecular weight is 556 g/mol. The van der Waals surface area contributed by atoms with Gasteiger partial charge in [0, 0.05) is 26.7 Å². The van der Waals surface area contributed by atoms with Crippen LogP contribution >= 0.6 is 0 Å². The second-order valence-corrected chi connectivity index (χ2v) is 10.1. The van der Waals surface area contributed by atoms with E-state index in [0.29, 0.717) is 24.1 Å². The second kappa shape index (κ2) is 12.6. The number of amides is 3. The number of nitrogens with two attached hydrogens (primary N) is 1. The number of carbonyl (C=O) groups excluding carboxylic acids is 3. The van der Waals surface area contributed by atoms with Crippen molar-refractivity contribution in [3.05, 3.63) is 90.0 Å². The Morgan fingerprint density at radius 1 is 1.00 bits per heavy atom. The number of fused-ring (bicyclic) bond motifs is 1. The Kier molecular flexibility index (Phi) is 8.54. The standard InChI is InChI=1S/C30H33N7O4/c1-35-26-15-13-22(18-25(26)33-34-35)19-32-28(38)27-20-36(30(40)41-23-10-6-3-7-11-23)16-17-37(27)29(39)24(31)14-12-21-8-4-2-5-9-21/h2-11,13,15,18,24,27H,12,14,16-17,19-20,31H2,1H3,(H,32,38). The highest BCUT2D eigenvalue weighted by Gasteiger charge is 2.39. The molecule has 1 aliphatic rings. The van der Waals surface area contributed by atoms with Crippen LogP contribution in [0, 0.1) is 0 Å². The molecule has 1 saturated heterocycles. The molecule has 1 aliphatic heterocycles. The zero-order valence-corrected chi connectivity index (χ0v) is 22.8. The molecule has 1 fully saturated rings. The van der Waals surface area contributed by atoms with Crippen molar-refractivity contribution >= 4 is 28.9 Å². The summed E-state index contributed by atoms with van der Waals surface area (Å²) >= 11 is 0. The lowest BCUT2D eigenvalue weighted by atomic mass is 10.0. The Morgan fingerprint density at radius 3 is 2.49 bits per heavy atom. The summed E-state index contributed by atoms with van der Waals surface area (Å²) in [6, 6.07) is 22.4. The minimum absolute atomic E-state index is 0.0160. The van der Waals surface area contributed by atoms with Gasteiger partial charge in [-0.15, -0.1) is 5.10 Å². The summed E-state index contributed by atoms with van der Waals surface area (Å²) in [5.74, 6) is -0.303. The molecule has 11 heteroatoms. The van der Waals surface area contributed by atoms with Gasteiger partial charge in [-0.3, -0.25) is 9.59 Å². The lowest BCUT2D eigenvalue weighted by Gasteiger charge is -2.40. The lowest BCUT2D eigenvalue weighted by Crippen LogP contribution is -2.64. The first-order valence-corrected chi connectivity index (χ1v) is 13.6. The first-order chi connectivity index (χ1) is 19.9. The Morgan fingerprint density at radius 2 is 1.73 bits per heavy atom. The third-order valence-corrected chi connectivity index (χ3v) is 7.22. The number of aryl methyl sites for hydroxylation is 2. The van der Waals surface area contributed by atoms with Gasteiger partial charge < -0.3 is 25.6 Å². The number of aromatic nitrogens is 3. The fraction of sp³-hybridized carbons (Fsp3) is 0.300. The van der Waals surface area contributed by atoms with Crippen LogP contribution in [0.3, 0.4) is 0 Å². The third-order valence-electron chi connectivity index (χ3n) is 7.22. The molecular weight excluding hydrogens is 522 g/mol. The molecule has 0 spiro atoms. The minimum atomic E-state index is -0.928. The lowest BCUT2D eigenvalue weighted by molar-refractivity contribution is -0.144. The highest BCUT2D eigenvalue weighted by Crippen LogP contribution is 2.18. The van der Waals surface area contributed by atoms with Crippen molar-refractivity contribution in [2.45, 2.75) is 31.5 Å². The van der Waals surface area contributed by atoms with Gasteiger partial charge in [0.1, 0.15) is 17.3 Å². The molecule has 2 heterocycles. The Balaban J connectivity index is 1.28. The van der Waals surface area contributed by atoms with Gasteiger partial charge in [0.25, 0.3) is 0 Å². The zero-order valence-electron chi connectivity index (χ0n) is 22.8. The fourth-order valence-corrected chi connectivity index (χ4v) is 4.90. The van der Waals surface area contributed by atoms with Gasteiger partial charge in [0.15, 0.2) is 0 Å². The summed E-state index contributed by atoms with van der Waals surface area (Å²) < 4.78 is 7.17. The number of ether oxygens (including phenoxy) is 1. The van der Waals surface area contributed by atoms with Gasteiger partial charge in [-0.1, -0.05) is 59.8 Å². The van der Waals surface area contributed by atoms with Gasteiger partial charge in [0.05, 0.1) is 18.1 Å². The van der Waals surface area contributed by atoms with Crippen molar-refractivity contribution in [2.75, 3.05) is 19.6 Å². The maximum atomic E-state index is 13.5. The molecule has 2 atom stereocenters. The van der Waals surface area contributed by atoms with E-state index in [1.807, 2.05) is 61.6 Å². The second-order valence-electron chi connectivity index (χ2n) is 10.1. The first kappa shape index (κ1) is 27.8. The molecule has 3 aromatic carbocycles. The monoisotopic (exact) mass is 555 g/mol. The number of benzene rings is 3. The summed E-state index contributed by atoms with van der Waals surface area (Å²) in [6.07, 6.45) is 0.493. The van der Waals surface area contributed by atoms with Crippen LogP contribution in [-0.4, -0.2) is 74.4 Å². The molecule has 2 unspecified atom stereocenters. The number of piperazine rings is 1. The van der Waals surface area contributed by atoms with Gasteiger partial charge in [-0.2, -0.15) is 0 Å². The Labute approximate surface area is 237 Å². The summed E-state index contributed by atoms with van der Waals surface area (Å²) in [5, 5.41) is 11.1. The van der Waals surface area contributed by atoms with E-state index in [2.05, 4.69) is 15.6 Å². The zero-order chi connectivity index (χ0) is 28.8. The van der Waals surface area contributed by atoms with E-state index in [1.165, 1.54) is 9.80 Å². The predicted octanol–water partition coefficient (Wildman–Crippen LogP) is 2.26. The van der Waals surface area contributed by atoms with Crippen molar-refractivity contribution in [3.8, 4) is 5.75 Å². The van der Waals surface area contributed by atoms with Gasteiger partial charge in [-0.05, 0) is 48.2 Å². The van der Waals surface area contributed by atoms with E-state index in [9.17, 15) is 14.4 Å². The van der Waals surface area contributed by atoms with Crippen LogP contribution in [0.2, 0.25) is 0 Å². The number of nitrogens with zero attached hydrogens (tertiary/aromatic N) is 5. The molecule has 212 valence electrons. The number of rotatable bonds is 8. The van der Waals surface area contributed by atoms with E-state index >= 15 is 0 Å². The van der Waals surface area contributed by atoms with Crippen LogP contribution in [-0.2, 0) is 29.6 Å². The van der Waals surface area contributed by atoms with Crippen molar-refractivity contribution in [1.82, 2.24) is 30.1 Å². The summed E-state index contributed by atoms with van der Waals surface area (Å²) in [6.45, 7) is 0.581. The number of para-hydroxylation sites is 1. The topological polar surface area (TPSA) is 136 Å². The van der Waals surface area contributed by atoms with Crippen LogP contribution in [0.25, 0.3) is 11.0 Å². The molecule has 1 aromatic heterocycles. The SMILES string of the molecule is Cn1nnc2cc(CNC(=O)C3CN(C(=O)Oc4ccccc4)CCN3C(=O)C(N)CCc3ccccc3)ccc21. The van der Waals surface area contributed by atoms with Crippen LogP contribution in [0.15, 0.2) is 78.9 Å². The fourth-order valence-electron chi connectivity index (χ4n) is 4.90. The van der Waals surface area contributed by atoms with Crippen molar-refractivity contribution in [2.24, 2.45) is 12.8 Å². The minimum Gasteiger partial charge on any atom is -0.410 e. The largest absolute Gasteiger partial charge is 0.415 e. The van der Waals surface area contributed by atoms with E-state index in [-0.39, 0.29) is 38.0 Å². The molecule has 0 aliphatic carbocycles. The van der Waals surface area contributed by atoms with Crippen molar-refractivity contribution in [1.29, 1.82) is 0 Å². The number of carbonyl (C=O) groups is 3. The van der Waals surface area contributed by atoms with Crippen LogP contribution in [0.5, 0.6) is 5.75 Å². The highest BCUT2D eigenvalue weighted by molar-refractivity contribution is 5.91. The van der Waals surface area contributed by atoms with Crippen molar-refractivity contribution in [3.63, 3.8) is 0 Å². The molecule has 5 rings (SSSR count). The van der Waals surface area contributed by atoms with Crippen LogP contribution in [0.4, 0.5) is 4.79 Å². The quantitative estimate of drug-likeness (QED) is 0.340. The highest BCUT2D eigenvalue weighted by atomic mass is 16.6. The normalized spacial score (nSPS) is 15.9. The Hall–Kier alpha value is -4.77. The molecule has 3 amide bonds. The molecule has 0 bridgehead atoms. The van der Waals surface area contributed by atoms with Crippen LogP contribution < -0.4 is 15.8 Å². The maximum absolute atomic E-state index is 13.5. The molecule has 11 nitrogen and oxygen atoms in total. The summed E-state index contributed by atoms with van der Waals surface area (Å²) in [7, 11) is 1.81. The summed E-state index contributed by atoms with van der Waals surface area (Å²) in [5.41, 5.74) is 9.84. The molecule has 41 heavy (non-hydrogen) atoms. The molecule has 0 radical (unpaired) electrons. The predicted molar refractivity (Wildman–Crippen MR) is 153 cm³/mol. The molecule has 3 N–H and O–H groups in total. The van der Waals surface area contributed by atoms with Gasteiger partial charge >= 0.3 is 6.09 Å².